The van der Waals surface area contributed by atoms with Crippen LogP contribution in [0.4, 0.5) is 87.9 Å². The molecule has 6 aromatic heterocycles. The fraction of sp³-hybridized carbons (Fsp3) is 0.182. The minimum absolute atomic E-state index is 0.0306. The molecule has 0 aliphatic rings. The third-order valence-electron chi connectivity index (χ3n) is 14.5. The number of aromatic nitrogens is 12. The van der Waals surface area contributed by atoms with E-state index in [0.29, 0.717) is 84.4 Å². The lowest BCUT2D eigenvalue weighted by Gasteiger charge is -2.13. The Morgan fingerprint density at radius 1 is 0.421 bits per heavy atom. The van der Waals surface area contributed by atoms with Crippen LogP contribution >= 0.6 is 0 Å². The molecule has 486 valence electrons. The number of anilines is 9. The summed E-state index contributed by atoms with van der Waals surface area (Å²) in [6.07, 6.45) is -0.319. The molecule has 0 spiro atoms. The van der Waals surface area contributed by atoms with Crippen molar-refractivity contribution in [2.75, 3.05) is 49.1 Å². The van der Waals surface area contributed by atoms with Gasteiger partial charge in [0.05, 0.1) is 33.1 Å². The van der Waals surface area contributed by atoms with Crippen molar-refractivity contribution >= 4 is 103 Å². The molecule has 6 aromatic carbocycles. The summed E-state index contributed by atoms with van der Waals surface area (Å²) in [6, 6.07) is 33.9. The van der Waals surface area contributed by atoms with Gasteiger partial charge in [0, 0.05) is 57.6 Å². The third-order valence-corrected chi connectivity index (χ3v) is 14.5. The number of hydrogen-bond acceptors (Lipinski definition) is 15. The van der Waals surface area contributed by atoms with Crippen molar-refractivity contribution in [2.24, 2.45) is 0 Å². The van der Waals surface area contributed by atoms with Gasteiger partial charge in [0.2, 0.25) is 0 Å². The minimum Gasteiger partial charge on any atom is -0.383 e. The number of fused-ring (bicyclic) bond motifs is 3. The van der Waals surface area contributed by atoms with E-state index in [4.69, 9.17) is 17.2 Å². The van der Waals surface area contributed by atoms with Crippen molar-refractivity contribution < 1.29 is 36.3 Å². The lowest BCUT2D eigenvalue weighted by atomic mass is 10.1. The average Bonchev–Trinajstić information content (AvgIpc) is 1.65. The maximum atomic E-state index is 14.8. The number of hydrogen-bond donors (Lipinski definition) is 9. The summed E-state index contributed by atoms with van der Waals surface area (Å²) in [6.45, 7) is 15.1. The molecule has 12 rings (SSSR count). The maximum absolute atomic E-state index is 14.8. The zero-order valence-electron chi connectivity index (χ0n) is 52.4. The smallest absolute Gasteiger partial charge is 0.383 e. The highest BCUT2D eigenvalue weighted by molar-refractivity contribution is 6.04. The summed E-state index contributed by atoms with van der Waals surface area (Å²) in [5, 5.41) is 31.2. The summed E-state index contributed by atoms with van der Waals surface area (Å²) in [7, 11) is 0. The van der Waals surface area contributed by atoms with Crippen molar-refractivity contribution in [1.82, 2.24) is 59.2 Å². The van der Waals surface area contributed by atoms with Crippen LogP contribution in [0.2, 0.25) is 0 Å². The first-order chi connectivity index (χ1) is 45.3. The number of urea groups is 3. The molecular formula is C66H64F5N21O3. The minimum atomic E-state index is -4.50. The van der Waals surface area contributed by atoms with E-state index in [1.54, 1.807) is 92.9 Å². The molecule has 0 atom stereocenters. The zero-order valence-corrected chi connectivity index (χ0v) is 52.4. The number of nitrogens with one attached hydrogen (secondary N) is 6. The van der Waals surface area contributed by atoms with E-state index in [1.807, 2.05) is 66.7 Å². The number of alkyl halides is 3. The molecule has 0 fully saturated rings. The largest absolute Gasteiger partial charge is 0.416 e. The number of carbonyl (C=O) groups is 3. The van der Waals surface area contributed by atoms with E-state index in [1.165, 1.54) is 56.2 Å². The van der Waals surface area contributed by atoms with Gasteiger partial charge in [0.15, 0.2) is 16.9 Å². The normalized spacial score (nSPS) is 11.3. The Labute approximate surface area is 539 Å². The second-order valence-electron chi connectivity index (χ2n) is 22.5. The highest BCUT2D eigenvalue weighted by atomic mass is 19.4. The first-order valence-electron chi connectivity index (χ1n) is 29.5. The van der Waals surface area contributed by atoms with Crippen molar-refractivity contribution in [2.45, 2.75) is 79.7 Å². The van der Waals surface area contributed by atoms with Gasteiger partial charge >= 0.3 is 24.3 Å². The van der Waals surface area contributed by atoms with Gasteiger partial charge in [0.1, 0.15) is 65.2 Å². The third kappa shape index (κ3) is 14.9. The fourth-order valence-corrected chi connectivity index (χ4v) is 9.98. The molecule has 0 aliphatic carbocycles. The molecule has 0 saturated heterocycles. The molecule has 0 unspecified atom stereocenters. The lowest BCUT2D eigenvalue weighted by molar-refractivity contribution is -0.138. The van der Waals surface area contributed by atoms with E-state index in [2.05, 4.69) is 77.1 Å². The van der Waals surface area contributed by atoms with Gasteiger partial charge in [-0.15, -0.1) is 0 Å². The van der Waals surface area contributed by atoms with Crippen molar-refractivity contribution in [3.8, 4) is 33.8 Å². The first-order valence-corrected chi connectivity index (χ1v) is 29.5. The molecule has 6 amide bonds. The lowest BCUT2D eigenvalue weighted by Crippen LogP contribution is -2.20. The molecule has 6 heterocycles. The zero-order chi connectivity index (χ0) is 68.0. The van der Waals surface area contributed by atoms with Gasteiger partial charge in [-0.2, -0.15) is 28.5 Å². The van der Waals surface area contributed by atoms with Gasteiger partial charge in [-0.05, 0) is 139 Å². The predicted molar refractivity (Wildman–Crippen MR) is 358 cm³/mol. The Hall–Kier alpha value is -12.2. The van der Waals surface area contributed by atoms with Crippen LogP contribution in [0, 0.1) is 25.5 Å². The van der Waals surface area contributed by atoms with Crippen LogP contribution in [0.3, 0.4) is 0 Å². The van der Waals surface area contributed by atoms with E-state index in [9.17, 15) is 36.3 Å². The van der Waals surface area contributed by atoms with Gasteiger partial charge in [-0.1, -0.05) is 60.7 Å². The van der Waals surface area contributed by atoms with Crippen molar-refractivity contribution in [3.63, 3.8) is 0 Å². The number of nitrogens with two attached hydrogens (primary N) is 3. The Morgan fingerprint density at radius 2 is 0.811 bits per heavy atom. The van der Waals surface area contributed by atoms with Crippen LogP contribution in [0.15, 0.2) is 152 Å². The summed E-state index contributed by atoms with van der Waals surface area (Å²) in [5.41, 5.74) is 25.8. The molecule has 12 N–H and O–H groups in total. The number of amides is 6. The highest BCUT2D eigenvalue weighted by Crippen LogP contribution is 2.37. The Bertz CT molecular complexity index is 4800. The van der Waals surface area contributed by atoms with Crippen LogP contribution in [0.1, 0.15) is 76.4 Å². The molecule has 0 aliphatic heterocycles. The number of carbonyl (C=O) groups excluding carboxylic acids is 3. The topological polar surface area (TPSA) is 332 Å². The molecule has 95 heavy (non-hydrogen) atoms. The van der Waals surface area contributed by atoms with Crippen LogP contribution in [0.5, 0.6) is 0 Å². The molecular weight excluding hydrogens is 1230 g/mol. The quantitative estimate of drug-likeness (QED) is 0.0513. The SMILES string of the molecule is CC(C)n1nc(-c2ccc(NC(=O)Nc3ccccc3)c(F)c2)c2c(N)ncnc21.Cc1ccc(F)c(NC(=O)Nc2ccc(-c3nn(C(C)C)c4ncnc(N)c34)cc2)c1.Cc1ccc(NC(=O)Nc2ccc(-c3nn(C(C)C)c4ncnc(N)c34)cc2)cc1C(F)(F)F. The maximum Gasteiger partial charge on any atom is 0.416 e. The van der Waals surface area contributed by atoms with Crippen molar-refractivity contribution in [3.05, 3.63) is 181 Å². The van der Waals surface area contributed by atoms with Gasteiger partial charge in [-0.25, -0.2) is 67.1 Å². The Kier molecular flexibility index (Phi) is 19.2. The van der Waals surface area contributed by atoms with Gasteiger partial charge in [0.25, 0.3) is 0 Å². The Balaban J connectivity index is 0.000000156. The first kappa shape index (κ1) is 65.8. The number of rotatable bonds is 12. The number of benzene rings is 6. The summed E-state index contributed by atoms with van der Waals surface area (Å²) in [5.74, 6) is -0.160. The van der Waals surface area contributed by atoms with Gasteiger partial charge in [-0.3, -0.25) is 0 Å². The second kappa shape index (κ2) is 27.7. The average molecular weight is 1290 g/mol. The summed E-state index contributed by atoms with van der Waals surface area (Å²) >= 11 is 0. The predicted octanol–water partition coefficient (Wildman–Crippen LogP) is 14.8. The van der Waals surface area contributed by atoms with E-state index in [-0.39, 0.29) is 46.6 Å². The molecule has 0 bridgehead atoms. The van der Waals surface area contributed by atoms with Crippen LogP contribution in [-0.2, 0) is 6.18 Å². The number of halogens is 5. The number of nitrogen functional groups attached to an aromatic ring is 3. The number of aryl methyl sites for hydroxylation is 2. The summed E-state index contributed by atoms with van der Waals surface area (Å²) < 4.78 is 73.2. The van der Waals surface area contributed by atoms with E-state index in [0.717, 1.165) is 22.8 Å². The summed E-state index contributed by atoms with van der Waals surface area (Å²) in [4.78, 5) is 61.9. The van der Waals surface area contributed by atoms with Crippen molar-refractivity contribution in [1.29, 1.82) is 0 Å². The molecule has 29 heteroatoms. The Morgan fingerprint density at radius 3 is 1.24 bits per heavy atom. The van der Waals surface area contributed by atoms with E-state index >= 15 is 0 Å². The molecule has 12 aromatic rings. The number of para-hydroxylation sites is 1. The molecule has 0 saturated carbocycles. The van der Waals surface area contributed by atoms with Crippen LogP contribution < -0.4 is 49.1 Å². The second-order valence-corrected chi connectivity index (χ2v) is 22.5. The fourth-order valence-electron chi connectivity index (χ4n) is 9.98. The van der Waals surface area contributed by atoms with Gasteiger partial charge < -0.3 is 49.1 Å². The number of nitrogens with zero attached hydrogens (tertiary/aromatic N) is 12. The van der Waals surface area contributed by atoms with Crippen LogP contribution in [-0.4, -0.2) is 77.3 Å². The monoisotopic (exact) mass is 1290 g/mol. The molecule has 0 radical (unpaired) electrons. The molecule has 24 nitrogen and oxygen atoms in total. The standard InChI is InChI=1S/C23H22F3N7O.C22H22FN7O.C21H20FN7O/c1-12(2)33-21-18(20(27)28-11-29-21)19(32-33)14-5-8-15(9-6-14)30-22(34)31-16-7-4-13(3)17(10-16)23(24,25)26;1-12(2)30-21-18(20(24)25-11-26-21)19(29-30)14-5-7-15(8-6-14)27-22(31)28-17-10-13(3)4-9-16(17)23;1-12(2)29-20-17(19(23)24-11-25-20)18(28-29)13-8-9-16(15(22)10-13)27-21(30)26-14-6-4-3-5-7-14/h4-12H,1-3H3,(H2,27,28,29)(H2,30,31,34);4-12H,1-3H3,(H2,24,25,26)(H2,27,28,31);3-12H,1-2H3,(H2,23,24,25)(H2,26,27,30). The van der Waals surface area contributed by atoms with E-state index < -0.39 is 41.5 Å². The highest BCUT2D eigenvalue weighted by Gasteiger charge is 2.33. The van der Waals surface area contributed by atoms with Crippen LogP contribution in [0.25, 0.3) is 66.9 Å².